The Kier molecular flexibility index (Phi) is 1.93. The average Bonchev–Trinajstić information content (AvgIpc) is 2.94. The van der Waals surface area contributed by atoms with Crippen LogP contribution in [0.4, 0.5) is 10.2 Å². The Balaban J connectivity index is 1.91. The van der Waals surface area contributed by atoms with E-state index in [-0.39, 0.29) is 0 Å². The number of halogens is 1. The topological polar surface area (TPSA) is 29.9 Å². The molecule has 0 radical (unpaired) electrons. The highest BCUT2D eigenvalue weighted by molar-refractivity contribution is 5.90. The van der Waals surface area contributed by atoms with E-state index in [2.05, 4.69) is 10.4 Å². The van der Waals surface area contributed by atoms with Crippen LogP contribution in [0.2, 0.25) is 0 Å². The van der Waals surface area contributed by atoms with Crippen LogP contribution in [0, 0.1) is 0 Å². The van der Waals surface area contributed by atoms with Gasteiger partial charge in [-0.05, 0) is 25.0 Å². The normalized spacial score (nSPS) is 17.6. The van der Waals surface area contributed by atoms with Gasteiger partial charge >= 0.3 is 0 Å². The summed E-state index contributed by atoms with van der Waals surface area (Å²) in [6, 6.07) is 7.96. The van der Waals surface area contributed by atoms with Crippen molar-refractivity contribution in [2.75, 3.05) is 11.9 Å². The van der Waals surface area contributed by atoms with Crippen molar-refractivity contribution in [3.8, 4) is 0 Å². The first-order valence-corrected chi connectivity index (χ1v) is 5.52. The van der Waals surface area contributed by atoms with E-state index >= 15 is 0 Å². The standard InChI is InChI=1S/C12H14FN3/c1-16-10-5-3-2-4-9(10)11(15-16)14-8-12(13)6-7-12/h2-5H,6-8H2,1H3,(H,14,15). The van der Waals surface area contributed by atoms with Crippen molar-refractivity contribution in [1.82, 2.24) is 9.78 Å². The number of benzene rings is 1. The minimum Gasteiger partial charge on any atom is -0.365 e. The van der Waals surface area contributed by atoms with Gasteiger partial charge in [0.2, 0.25) is 0 Å². The molecule has 3 rings (SSSR count). The zero-order valence-electron chi connectivity index (χ0n) is 9.20. The zero-order valence-corrected chi connectivity index (χ0v) is 9.20. The van der Waals surface area contributed by atoms with E-state index in [0.29, 0.717) is 19.4 Å². The molecule has 0 atom stereocenters. The molecule has 1 aliphatic rings. The minimum absolute atomic E-state index is 0.369. The summed E-state index contributed by atoms with van der Waals surface area (Å²) in [5.74, 6) is 0.780. The van der Waals surface area contributed by atoms with Gasteiger partial charge in [-0.2, -0.15) is 5.10 Å². The number of aromatic nitrogens is 2. The van der Waals surface area contributed by atoms with E-state index < -0.39 is 5.67 Å². The Bertz CT molecular complexity index is 528. The van der Waals surface area contributed by atoms with Crippen molar-refractivity contribution >= 4 is 16.7 Å². The summed E-state index contributed by atoms with van der Waals surface area (Å²) in [5, 5.41) is 8.51. The number of alkyl halides is 1. The van der Waals surface area contributed by atoms with Crippen molar-refractivity contribution in [2.24, 2.45) is 7.05 Å². The van der Waals surface area contributed by atoms with Gasteiger partial charge in [0.15, 0.2) is 5.82 Å². The lowest BCUT2D eigenvalue weighted by Gasteiger charge is -2.05. The molecule has 2 aromatic rings. The quantitative estimate of drug-likeness (QED) is 0.859. The molecular formula is C12H14FN3. The summed E-state index contributed by atoms with van der Waals surface area (Å²) < 4.78 is 15.3. The van der Waals surface area contributed by atoms with Crippen LogP contribution in [0.15, 0.2) is 24.3 Å². The fraction of sp³-hybridized carbons (Fsp3) is 0.417. The molecule has 16 heavy (non-hydrogen) atoms. The molecule has 1 fully saturated rings. The van der Waals surface area contributed by atoms with Crippen LogP contribution in [0.1, 0.15) is 12.8 Å². The molecule has 0 bridgehead atoms. The largest absolute Gasteiger partial charge is 0.365 e. The van der Waals surface area contributed by atoms with E-state index in [9.17, 15) is 4.39 Å². The fourth-order valence-corrected chi connectivity index (χ4v) is 1.90. The third-order valence-corrected chi connectivity index (χ3v) is 3.12. The second-order valence-electron chi connectivity index (χ2n) is 4.49. The van der Waals surface area contributed by atoms with Gasteiger partial charge in [-0.3, -0.25) is 4.68 Å². The number of nitrogens with one attached hydrogen (secondary N) is 1. The molecule has 0 amide bonds. The van der Waals surface area contributed by atoms with Crippen LogP contribution < -0.4 is 5.32 Å². The van der Waals surface area contributed by atoms with Crippen LogP contribution in [-0.4, -0.2) is 22.0 Å². The predicted molar refractivity (Wildman–Crippen MR) is 62.3 cm³/mol. The Morgan fingerprint density at radius 2 is 2.19 bits per heavy atom. The lowest BCUT2D eigenvalue weighted by Crippen LogP contribution is -2.16. The average molecular weight is 219 g/mol. The van der Waals surface area contributed by atoms with E-state index in [1.54, 1.807) is 0 Å². The van der Waals surface area contributed by atoms with Gasteiger partial charge in [0.25, 0.3) is 0 Å². The first-order valence-electron chi connectivity index (χ1n) is 5.52. The maximum absolute atomic E-state index is 13.5. The third kappa shape index (κ3) is 1.54. The van der Waals surface area contributed by atoms with Crippen molar-refractivity contribution in [1.29, 1.82) is 0 Å². The molecule has 1 aromatic heterocycles. The lowest BCUT2D eigenvalue weighted by atomic mass is 10.2. The Hall–Kier alpha value is -1.58. The summed E-state index contributed by atoms with van der Waals surface area (Å²) in [7, 11) is 1.90. The fourth-order valence-electron chi connectivity index (χ4n) is 1.90. The van der Waals surface area contributed by atoms with Gasteiger partial charge in [-0.1, -0.05) is 12.1 Å². The molecule has 0 saturated heterocycles. The number of fused-ring (bicyclic) bond motifs is 1. The van der Waals surface area contributed by atoms with Gasteiger partial charge < -0.3 is 5.32 Å². The molecular weight excluding hydrogens is 205 g/mol. The second kappa shape index (κ2) is 3.20. The van der Waals surface area contributed by atoms with Crippen LogP contribution in [0.5, 0.6) is 0 Å². The SMILES string of the molecule is Cn1nc(NCC2(F)CC2)c2ccccc21. The summed E-state index contributed by atoms with van der Waals surface area (Å²) in [5.41, 5.74) is 0.0761. The first kappa shape index (κ1) is 9.63. The maximum atomic E-state index is 13.5. The van der Waals surface area contributed by atoms with Crippen molar-refractivity contribution < 1.29 is 4.39 Å². The van der Waals surface area contributed by atoms with Gasteiger partial charge in [-0.15, -0.1) is 0 Å². The monoisotopic (exact) mass is 219 g/mol. The number of rotatable bonds is 3. The molecule has 0 spiro atoms. The molecule has 84 valence electrons. The third-order valence-electron chi connectivity index (χ3n) is 3.12. The smallest absolute Gasteiger partial charge is 0.156 e. The molecule has 1 N–H and O–H groups in total. The van der Waals surface area contributed by atoms with Gasteiger partial charge in [0.1, 0.15) is 5.67 Å². The molecule has 1 aromatic carbocycles. The van der Waals surface area contributed by atoms with Crippen molar-refractivity contribution in [2.45, 2.75) is 18.5 Å². The van der Waals surface area contributed by atoms with Gasteiger partial charge in [0, 0.05) is 12.4 Å². The molecule has 0 unspecified atom stereocenters. The summed E-state index contributed by atoms with van der Waals surface area (Å²) >= 11 is 0. The number of aryl methyl sites for hydroxylation is 1. The highest BCUT2D eigenvalue weighted by Gasteiger charge is 2.43. The molecule has 0 aliphatic heterocycles. The number of anilines is 1. The minimum atomic E-state index is -0.987. The highest BCUT2D eigenvalue weighted by Crippen LogP contribution is 2.39. The predicted octanol–water partition coefficient (Wildman–Crippen LogP) is 2.49. The van der Waals surface area contributed by atoms with Gasteiger partial charge in [-0.25, -0.2) is 4.39 Å². The first-order chi connectivity index (χ1) is 7.68. The molecule has 1 heterocycles. The summed E-state index contributed by atoms with van der Waals surface area (Å²) in [6.45, 7) is 0.369. The highest BCUT2D eigenvalue weighted by atomic mass is 19.1. The van der Waals surface area contributed by atoms with E-state index in [1.165, 1.54) is 0 Å². The number of para-hydroxylation sites is 1. The maximum Gasteiger partial charge on any atom is 0.156 e. The van der Waals surface area contributed by atoms with E-state index in [4.69, 9.17) is 0 Å². The van der Waals surface area contributed by atoms with Crippen LogP contribution in [0.3, 0.4) is 0 Å². The van der Waals surface area contributed by atoms with Crippen molar-refractivity contribution in [3.05, 3.63) is 24.3 Å². The van der Waals surface area contributed by atoms with E-state index in [0.717, 1.165) is 16.7 Å². The molecule has 1 aliphatic carbocycles. The van der Waals surface area contributed by atoms with Crippen LogP contribution in [-0.2, 0) is 7.05 Å². The number of nitrogens with zero attached hydrogens (tertiary/aromatic N) is 2. The zero-order chi connectivity index (χ0) is 11.2. The summed E-state index contributed by atoms with van der Waals surface area (Å²) in [6.07, 6.45) is 1.34. The summed E-state index contributed by atoms with van der Waals surface area (Å²) in [4.78, 5) is 0. The number of hydrogen-bond donors (Lipinski definition) is 1. The Labute approximate surface area is 93.3 Å². The van der Waals surface area contributed by atoms with Crippen LogP contribution in [0.25, 0.3) is 10.9 Å². The molecule has 1 saturated carbocycles. The van der Waals surface area contributed by atoms with Crippen molar-refractivity contribution in [3.63, 3.8) is 0 Å². The van der Waals surface area contributed by atoms with Gasteiger partial charge in [0.05, 0.1) is 12.1 Å². The number of hydrogen-bond acceptors (Lipinski definition) is 2. The lowest BCUT2D eigenvalue weighted by molar-refractivity contribution is 0.326. The molecule has 3 nitrogen and oxygen atoms in total. The second-order valence-corrected chi connectivity index (χ2v) is 4.49. The Morgan fingerprint density at radius 3 is 2.94 bits per heavy atom. The van der Waals surface area contributed by atoms with Crippen LogP contribution >= 0.6 is 0 Å². The van der Waals surface area contributed by atoms with E-state index in [1.807, 2.05) is 36.0 Å². The molecule has 4 heteroatoms. The Morgan fingerprint density at radius 1 is 1.44 bits per heavy atom.